The number of ether oxygens (including phenoxy) is 1. The van der Waals surface area contributed by atoms with Gasteiger partial charge in [-0.2, -0.15) is 0 Å². The van der Waals surface area contributed by atoms with Crippen molar-refractivity contribution >= 4 is 43.5 Å². The van der Waals surface area contributed by atoms with Crippen molar-refractivity contribution in [3.63, 3.8) is 0 Å². The highest BCUT2D eigenvalue weighted by atomic mass is 79.9. The first-order valence-corrected chi connectivity index (χ1v) is 15.3. The number of halogens is 1. The number of carbonyl (C=O) groups excluding carboxylic acids is 2. The van der Waals surface area contributed by atoms with Gasteiger partial charge < -0.3 is 15.0 Å². The lowest BCUT2D eigenvalue weighted by Crippen LogP contribution is -2.52. The molecule has 1 N–H and O–H groups in total. The predicted molar refractivity (Wildman–Crippen MR) is 161 cm³/mol. The van der Waals surface area contributed by atoms with E-state index in [-0.39, 0.29) is 23.4 Å². The Balaban J connectivity index is 2.03. The number of rotatable bonds is 12. The predicted octanol–water partition coefficient (Wildman–Crippen LogP) is 5.29. The lowest BCUT2D eigenvalue weighted by Gasteiger charge is -2.32. The number of sulfonamides is 1. The van der Waals surface area contributed by atoms with Crippen molar-refractivity contribution in [1.29, 1.82) is 0 Å². The smallest absolute Gasteiger partial charge is 0.264 e. The first-order chi connectivity index (χ1) is 18.9. The number of hydrogen-bond acceptors (Lipinski definition) is 5. The van der Waals surface area contributed by atoms with Crippen LogP contribution in [0.15, 0.2) is 82.2 Å². The van der Waals surface area contributed by atoms with E-state index in [0.717, 1.165) is 19.9 Å². The van der Waals surface area contributed by atoms with Crippen LogP contribution in [0.3, 0.4) is 0 Å². The van der Waals surface area contributed by atoms with Gasteiger partial charge in [-0.3, -0.25) is 13.9 Å². The molecule has 214 valence electrons. The number of amides is 2. The molecule has 8 nitrogen and oxygen atoms in total. The average molecular weight is 631 g/mol. The van der Waals surface area contributed by atoms with Crippen LogP contribution in [0.25, 0.3) is 0 Å². The third kappa shape index (κ3) is 8.08. The molecular formula is C30H36BrN3O5S. The monoisotopic (exact) mass is 629 g/mol. The second kappa shape index (κ2) is 13.8. The topological polar surface area (TPSA) is 96.0 Å². The minimum atomic E-state index is -4.13. The molecule has 0 aliphatic heterocycles. The quantitative estimate of drug-likeness (QED) is 0.294. The summed E-state index contributed by atoms with van der Waals surface area (Å²) in [7, 11) is -4.13. The fourth-order valence-electron chi connectivity index (χ4n) is 4.06. The average Bonchev–Trinajstić information content (AvgIpc) is 2.90. The Hall–Kier alpha value is -3.37. The summed E-state index contributed by atoms with van der Waals surface area (Å²) in [5.41, 5.74) is 2.01. The summed E-state index contributed by atoms with van der Waals surface area (Å²) < 4.78 is 35.2. The summed E-state index contributed by atoms with van der Waals surface area (Å²) in [5.74, 6) is -0.260. The molecule has 1 atom stereocenters. The van der Waals surface area contributed by atoms with Gasteiger partial charge in [0.05, 0.1) is 17.2 Å². The maximum atomic E-state index is 14.0. The molecule has 2 amide bonds. The molecule has 3 aromatic carbocycles. The largest absolute Gasteiger partial charge is 0.494 e. The third-order valence-corrected chi connectivity index (χ3v) is 8.45. The Labute approximate surface area is 245 Å². The summed E-state index contributed by atoms with van der Waals surface area (Å²) >= 11 is 3.45. The lowest BCUT2D eigenvalue weighted by molar-refractivity contribution is -0.139. The molecule has 3 rings (SSSR count). The van der Waals surface area contributed by atoms with Gasteiger partial charge in [0.25, 0.3) is 10.0 Å². The van der Waals surface area contributed by atoms with Crippen LogP contribution in [0.1, 0.15) is 38.8 Å². The van der Waals surface area contributed by atoms with Crippen LogP contribution < -0.4 is 14.4 Å². The van der Waals surface area contributed by atoms with Gasteiger partial charge in [0.15, 0.2) is 0 Å². The van der Waals surface area contributed by atoms with Crippen LogP contribution in [-0.2, 0) is 26.2 Å². The van der Waals surface area contributed by atoms with Crippen LogP contribution in [0.5, 0.6) is 5.75 Å². The Morgan fingerprint density at radius 3 is 2.20 bits per heavy atom. The maximum absolute atomic E-state index is 14.0. The highest BCUT2D eigenvalue weighted by molar-refractivity contribution is 9.10. The molecule has 0 aliphatic rings. The van der Waals surface area contributed by atoms with E-state index in [1.807, 2.05) is 52.0 Å². The molecule has 0 bridgehead atoms. The van der Waals surface area contributed by atoms with Crippen molar-refractivity contribution < 1.29 is 22.7 Å². The second-order valence-corrected chi connectivity index (χ2v) is 12.5. The second-order valence-electron chi connectivity index (χ2n) is 9.74. The standard InChI is InChI=1S/C30H36BrN3O5S/c1-6-39-27-14-12-26(13-15-27)34(40(37,38)28-16-10-22(4)11-17-28)20-29(35)33(23(5)30(36)32-21(2)3)19-24-8-7-9-25(31)18-24/h7-18,21,23H,6,19-20H2,1-5H3,(H,32,36). The first kappa shape index (κ1) is 31.2. The van der Waals surface area contributed by atoms with E-state index >= 15 is 0 Å². The van der Waals surface area contributed by atoms with E-state index in [9.17, 15) is 18.0 Å². The molecule has 0 fully saturated rings. The van der Waals surface area contributed by atoms with Gasteiger partial charge in [0.2, 0.25) is 11.8 Å². The maximum Gasteiger partial charge on any atom is 0.264 e. The molecule has 10 heteroatoms. The van der Waals surface area contributed by atoms with Gasteiger partial charge in [-0.25, -0.2) is 8.42 Å². The van der Waals surface area contributed by atoms with Gasteiger partial charge in [-0.15, -0.1) is 0 Å². The molecule has 40 heavy (non-hydrogen) atoms. The van der Waals surface area contributed by atoms with Crippen molar-refractivity contribution in [3.8, 4) is 5.75 Å². The van der Waals surface area contributed by atoms with E-state index in [1.165, 1.54) is 17.0 Å². The fraction of sp³-hybridized carbons (Fsp3) is 0.333. The Bertz CT molecular complexity index is 1410. The van der Waals surface area contributed by atoms with Crippen LogP contribution >= 0.6 is 15.9 Å². The Morgan fingerprint density at radius 1 is 0.975 bits per heavy atom. The van der Waals surface area contributed by atoms with Crippen LogP contribution in [0.4, 0.5) is 5.69 Å². The zero-order chi connectivity index (χ0) is 29.4. The van der Waals surface area contributed by atoms with Crippen LogP contribution in [0.2, 0.25) is 0 Å². The summed E-state index contributed by atoms with van der Waals surface area (Å²) in [6.45, 7) is 9.13. The number of nitrogens with one attached hydrogen (secondary N) is 1. The molecule has 3 aromatic rings. The van der Waals surface area contributed by atoms with Gasteiger partial charge in [-0.05, 0) is 88.7 Å². The molecule has 0 saturated carbocycles. The summed E-state index contributed by atoms with van der Waals surface area (Å²) in [6.07, 6.45) is 0. The van der Waals surface area contributed by atoms with E-state index in [2.05, 4.69) is 21.2 Å². The SMILES string of the molecule is CCOc1ccc(N(CC(=O)N(Cc2cccc(Br)c2)C(C)C(=O)NC(C)C)S(=O)(=O)c2ccc(C)cc2)cc1. The third-order valence-electron chi connectivity index (χ3n) is 6.16. The van der Waals surface area contributed by atoms with Gasteiger partial charge in [0, 0.05) is 17.1 Å². The number of anilines is 1. The molecule has 0 heterocycles. The van der Waals surface area contributed by atoms with Crippen LogP contribution in [0, 0.1) is 6.92 Å². The zero-order valence-electron chi connectivity index (χ0n) is 23.4. The van der Waals surface area contributed by atoms with Crippen molar-refractivity contribution in [2.45, 2.75) is 58.1 Å². The fourth-order valence-corrected chi connectivity index (χ4v) is 5.92. The summed E-state index contributed by atoms with van der Waals surface area (Å²) in [4.78, 5) is 28.4. The lowest BCUT2D eigenvalue weighted by atomic mass is 10.1. The highest BCUT2D eigenvalue weighted by Gasteiger charge is 2.32. The molecule has 0 aromatic heterocycles. The van der Waals surface area contributed by atoms with E-state index in [4.69, 9.17) is 4.74 Å². The summed E-state index contributed by atoms with van der Waals surface area (Å²) in [5, 5.41) is 2.85. The first-order valence-electron chi connectivity index (χ1n) is 13.1. The molecule has 0 saturated heterocycles. The van der Waals surface area contributed by atoms with Gasteiger partial charge in [0.1, 0.15) is 18.3 Å². The minimum absolute atomic E-state index is 0.0592. The van der Waals surface area contributed by atoms with Crippen molar-refractivity contribution in [1.82, 2.24) is 10.2 Å². The summed E-state index contributed by atoms with van der Waals surface area (Å²) in [6, 6.07) is 19.5. The van der Waals surface area contributed by atoms with Crippen molar-refractivity contribution in [2.24, 2.45) is 0 Å². The Morgan fingerprint density at radius 2 is 1.62 bits per heavy atom. The number of aryl methyl sites for hydroxylation is 1. The van der Waals surface area contributed by atoms with Crippen molar-refractivity contribution in [2.75, 3.05) is 17.5 Å². The number of benzene rings is 3. The number of carbonyl (C=O) groups is 2. The number of hydrogen-bond donors (Lipinski definition) is 1. The normalized spacial score (nSPS) is 12.1. The van der Waals surface area contributed by atoms with Gasteiger partial charge in [-0.1, -0.05) is 45.8 Å². The van der Waals surface area contributed by atoms with E-state index in [1.54, 1.807) is 43.3 Å². The highest BCUT2D eigenvalue weighted by Crippen LogP contribution is 2.27. The van der Waals surface area contributed by atoms with Crippen molar-refractivity contribution in [3.05, 3.63) is 88.4 Å². The van der Waals surface area contributed by atoms with Crippen LogP contribution in [-0.4, -0.2) is 50.4 Å². The molecule has 1 unspecified atom stereocenters. The zero-order valence-corrected chi connectivity index (χ0v) is 25.8. The molecular weight excluding hydrogens is 594 g/mol. The minimum Gasteiger partial charge on any atom is -0.494 e. The Kier molecular flexibility index (Phi) is 10.8. The molecule has 0 radical (unpaired) electrons. The van der Waals surface area contributed by atoms with E-state index < -0.39 is 28.5 Å². The molecule has 0 spiro atoms. The van der Waals surface area contributed by atoms with E-state index in [0.29, 0.717) is 18.0 Å². The van der Waals surface area contributed by atoms with Gasteiger partial charge >= 0.3 is 0 Å². The molecule has 0 aliphatic carbocycles. The number of nitrogens with zero attached hydrogens (tertiary/aromatic N) is 2.